The number of nitrogens with two attached hydrogens (primary N) is 1. The lowest BCUT2D eigenvalue weighted by atomic mass is 9.84. The van der Waals surface area contributed by atoms with Crippen LogP contribution in [0.1, 0.15) is 38.5 Å². The normalized spacial score (nSPS) is 47.5. The van der Waals surface area contributed by atoms with Gasteiger partial charge in [-0.2, -0.15) is 0 Å². The van der Waals surface area contributed by atoms with Gasteiger partial charge in [0.15, 0.2) is 0 Å². The zero-order valence-electron chi connectivity index (χ0n) is 12.1. The van der Waals surface area contributed by atoms with E-state index in [2.05, 4.69) is 9.80 Å². The van der Waals surface area contributed by atoms with E-state index in [-0.39, 0.29) is 0 Å². The minimum absolute atomic E-state index is 0.518. The molecule has 5 atom stereocenters. The van der Waals surface area contributed by atoms with Gasteiger partial charge in [-0.1, -0.05) is 0 Å². The highest BCUT2D eigenvalue weighted by Gasteiger charge is 2.46. The van der Waals surface area contributed by atoms with Crippen molar-refractivity contribution in [3.8, 4) is 0 Å². The third-order valence-electron chi connectivity index (χ3n) is 6.53. The predicted octanol–water partition coefficient (Wildman–Crippen LogP) is 1.53. The molecule has 2 aliphatic carbocycles. The second kappa shape index (κ2) is 5.01. The Morgan fingerprint density at radius 3 is 2.47 bits per heavy atom. The summed E-state index contributed by atoms with van der Waals surface area (Å²) < 4.78 is 0. The molecule has 2 saturated heterocycles. The molecule has 2 bridgehead atoms. The van der Waals surface area contributed by atoms with E-state index < -0.39 is 0 Å². The van der Waals surface area contributed by atoms with Crippen LogP contribution in [0.25, 0.3) is 0 Å². The molecule has 3 nitrogen and oxygen atoms in total. The SMILES string of the molecule is NC1C2CCC(C2)C1CN1CCC(N2CCCC2)C1. The molecule has 0 aromatic rings. The summed E-state index contributed by atoms with van der Waals surface area (Å²) in [5.74, 6) is 2.65. The molecule has 2 aliphatic heterocycles. The number of rotatable bonds is 3. The van der Waals surface area contributed by atoms with E-state index in [0.29, 0.717) is 6.04 Å². The van der Waals surface area contributed by atoms with Crippen molar-refractivity contribution in [2.24, 2.45) is 23.5 Å². The average Bonchev–Trinajstić information content (AvgIpc) is 3.14. The lowest BCUT2D eigenvalue weighted by Crippen LogP contribution is -2.43. The third kappa shape index (κ3) is 2.24. The Kier molecular flexibility index (Phi) is 3.33. The van der Waals surface area contributed by atoms with Gasteiger partial charge in [0.2, 0.25) is 0 Å². The number of hydrogen-bond donors (Lipinski definition) is 1. The van der Waals surface area contributed by atoms with Gasteiger partial charge in [0.1, 0.15) is 0 Å². The summed E-state index contributed by atoms with van der Waals surface area (Å²) in [5.41, 5.74) is 6.46. The molecule has 3 heteroatoms. The van der Waals surface area contributed by atoms with E-state index in [1.807, 2.05) is 0 Å². The van der Waals surface area contributed by atoms with Crippen molar-refractivity contribution in [2.45, 2.75) is 50.6 Å². The van der Waals surface area contributed by atoms with E-state index in [4.69, 9.17) is 5.73 Å². The third-order valence-corrected chi connectivity index (χ3v) is 6.53. The molecule has 2 N–H and O–H groups in total. The number of likely N-dealkylation sites (tertiary alicyclic amines) is 2. The van der Waals surface area contributed by atoms with Gasteiger partial charge in [0.05, 0.1) is 0 Å². The smallest absolute Gasteiger partial charge is 0.0235 e. The Balaban J connectivity index is 1.32. The fraction of sp³-hybridized carbons (Fsp3) is 1.00. The molecule has 108 valence electrons. The van der Waals surface area contributed by atoms with Gasteiger partial charge in [-0.15, -0.1) is 0 Å². The molecular formula is C16H29N3. The van der Waals surface area contributed by atoms with Crippen molar-refractivity contribution in [3.63, 3.8) is 0 Å². The first-order valence-electron chi connectivity index (χ1n) is 8.53. The Morgan fingerprint density at radius 1 is 0.947 bits per heavy atom. The van der Waals surface area contributed by atoms with Crippen LogP contribution in [0.2, 0.25) is 0 Å². The van der Waals surface area contributed by atoms with Crippen molar-refractivity contribution < 1.29 is 0 Å². The molecular weight excluding hydrogens is 234 g/mol. The molecule has 4 rings (SSSR count). The fourth-order valence-corrected chi connectivity index (χ4v) is 5.41. The quantitative estimate of drug-likeness (QED) is 0.838. The summed E-state index contributed by atoms with van der Waals surface area (Å²) in [7, 11) is 0. The molecule has 2 saturated carbocycles. The lowest BCUT2D eigenvalue weighted by Gasteiger charge is -2.32. The summed E-state index contributed by atoms with van der Waals surface area (Å²) in [6.45, 7) is 6.65. The molecule has 0 aromatic carbocycles. The summed E-state index contributed by atoms with van der Waals surface area (Å²) in [6, 6.07) is 1.38. The number of nitrogens with zero attached hydrogens (tertiary/aromatic N) is 2. The van der Waals surface area contributed by atoms with E-state index >= 15 is 0 Å². The molecule has 0 spiro atoms. The van der Waals surface area contributed by atoms with Gasteiger partial charge in [-0.3, -0.25) is 4.90 Å². The highest BCUT2D eigenvalue weighted by molar-refractivity contribution is 5.00. The molecule has 0 radical (unpaired) electrons. The topological polar surface area (TPSA) is 32.5 Å². The van der Waals surface area contributed by atoms with Crippen LogP contribution in [0, 0.1) is 17.8 Å². The van der Waals surface area contributed by atoms with Crippen LogP contribution in [0.15, 0.2) is 0 Å². The van der Waals surface area contributed by atoms with Gasteiger partial charge in [0.25, 0.3) is 0 Å². The lowest BCUT2D eigenvalue weighted by molar-refractivity contribution is 0.181. The Hall–Kier alpha value is -0.120. The van der Waals surface area contributed by atoms with E-state index in [1.165, 1.54) is 71.2 Å². The van der Waals surface area contributed by atoms with Crippen LogP contribution in [-0.2, 0) is 0 Å². The minimum atomic E-state index is 0.518. The molecule has 19 heavy (non-hydrogen) atoms. The van der Waals surface area contributed by atoms with Crippen molar-refractivity contribution in [3.05, 3.63) is 0 Å². The monoisotopic (exact) mass is 263 g/mol. The average molecular weight is 263 g/mol. The highest BCUT2D eigenvalue weighted by Crippen LogP contribution is 2.48. The molecule has 4 aliphatic rings. The van der Waals surface area contributed by atoms with E-state index in [9.17, 15) is 0 Å². The van der Waals surface area contributed by atoms with Crippen molar-refractivity contribution in [1.29, 1.82) is 0 Å². The van der Waals surface area contributed by atoms with Gasteiger partial charge >= 0.3 is 0 Å². The van der Waals surface area contributed by atoms with Crippen LogP contribution in [0.4, 0.5) is 0 Å². The second-order valence-electron chi connectivity index (χ2n) is 7.52. The van der Waals surface area contributed by atoms with Gasteiger partial charge in [0, 0.05) is 25.2 Å². The van der Waals surface area contributed by atoms with Crippen LogP contribution in [-0.4, -0.2) is 54.6 Å². The maximum atomic E-state index is 6.46. The first-order chi connectivity index (χ1) is 9.31. The molecule has 0 aromatic heterocycles. The van der Waals surface area contributed by atoms with Crippen LogP contribution < -0.4 is 5.73 Å². The first kappa shape index (κ1) is 12.6. The Labute approximate surface area is 117 Å². The van der Waals surface area contributed by atoms with E-state index in [1.54, 1.807) is 0 Å². The molecule has 2 heterocycles. The zero-order valence-corrected chi connectivity index (χ0v) is 12.1. The maximum Gasteiger partial charge on any atom is 0.0235 e. The van der Waals surface area contributed by atoms with Crippen molar-refractivity contribution in [1.82, 2.24) is 9.80 Å². The molecule has 4 fully saturated rings. The van der Waals surface area contributed by atoms with E-state index in [0.717, 1.165) is 23.8 Å². The standard InChI is InChI=1S/C16H29N3/c17-16-13-4-3-12(9-13)15(16)11-18-8-5-14(10-18)19-6-1-2-7-19/h12-16H,1-11,17H2. The first-order valence-corrected chi connectivity index (χ1v) is 8.53. The van der Waals surface area contributed by atoms with Crippen LogP contribution in [0.3, 0.4) is 0 Å². The number of hydrogen-bond acceptors (Lipinski definition) is 3. The predicted molar refractivity (Wildman–Crippen MR) is 77.9 cm³/mol. The second-order valence-corrected chi connectivity index (χ2v) is 7.52. The number of fused-ring (bicyclic) bond motifs is 2. The Morgan fingerprint density at radius 2 is 1.74 bits per heavy atom. The maximum absolute atomic E-state index is 6.46. The summed E-state index contributed by atoms with van der Waals surface area (Å²) >= 11 is 0. The summed E-state index contributed by atoms with van der Waals surface area (Å²) in [6.07, 6.45) is 8.57. The molecule has 5 unspecified atom stereocenters. The van der Waals surface area contributed by atoms with Crippen LogP contribution >= 0.6 is 0 Å². The summed E-state index contributed by atoms with van der Waals surface area (Å²) in [4.78, 5) is 5.47. The summed E-state index contributed by atoms with van der Waals surface area (Å²) in [5, 5.41) is 0. The Bertz CT molecular complexity index is 324. The zero-order chi connectivity index (χ0) is 12.8. The van der Waals surface area contributed by atoms with Gasteiger partial charge < -0.3 is 10.6 Å². The van der Waals surface area contributed by atoms with Crippen molar-refractivity contribution in [2.75, 3.05) is 32.7 Å². The van der Waals surface area contributed by atoms with Crippen molar-refractivity contribution >= 4 is 0 Å². The van der Waals surface area contributed by atoms with Crippen LogP contribution in [0.5, 0.6) is 0 Å². The minimum Gasteiger partial charge on any atom is -0.327 e. The molecule has 0 amide bonds. The fourth-order valence-electron chi connectivity index (χ4n) is 5.41. The van der Waals surface area contributed by atoms with Gasteiger partial charge in [-0.25, -0.2) is 0 Å². The largest absolute Gasteiger partial charge is 0.327 e. The van der Waals surface area contributed by atoms with Gasteiger partial charge in [-0.05, 0) is 75.9 Å². The highest BCUT2D eigenvalue weighted by atomic mass is 15.3.